The molecule has 0 saturated carbocycles. The lowest BCUT2D eigenvalue weighted by atomic mass is 10.1. The molecule has 102 valence electrons. The summed E-state index contributed by atoms with van der Waals surface area (Å²) in [5.41, 5.74) is 1.98. The molecule has 4 nitrogen and oxygen atoms in total. The second kappa shape index (κ2) is 6.38. The predicted molar refractivity (Wildman–Crippen MR) is 74.2 cm³/mol. The Morgan fingerprint density at radius 1 is 1.42 bits per heavy atom. The van der Waals surface area contributed by atoms with Crippen molar-refractivity contribution in [3.63, 3.8) is 0 Å². The summed E-state index contributed by atoms with van der Waals surface area (Å²) in [6.45, 7) is 5.34. The Balaban J connectivity index is 1.82. The van der Waals surface area contributed by atoms with Crippen molar-refractivity contribution in [1.29, 1.82) is 0 Å². The maximum absolute atomic E-state index is 9.51. The average Bonchev–Trinajstić information content (AvgIpc) is 2.89. The number of aromatic nitrogens is 2. The molecule has 0 bridgehead atoms. The van der Waals surface area contributed by atoms with Crippen molar-refractivity contribution in [1.82, 2.24) is 9.55 Å². The van der Waals surface area contributed by atoms with E-state index >= 15 is 0 Å². The molecule has 0 aliphatic heterocycles. The van der Waals surface area contributed by atoms with Gasteiger partial charge in [0.25, 0.3) is 0 Å². The Hall–Kier alpha value is -1.81. The highest BCUT2D eigenvalue weighted by atomic mass is 16.5. The molecular weight excluding hydrogens is 240 g/mol. The van der Waals surface area contributed by atoms with Gasteiger partial charge in [-0.1, -0.05) is 6.07 Å². The highest BCUT2D eigenvalue weighted by Gasteiger charge is 2.05. The van der Waals surface area contributed by atoms with Crippen LogP contribution in [0.25, 0.3) is 0 Å². The molecule has 4 heteroatoms. The first kappa shape index (κ1) is 13.6. The highest BCUT2D eigenvalue weighted by Crippen LogP contribution is 2.22. The van der Waals surface area contributed by atoms with Crippen LogP contribution in [-0.2, 0) is 6.54 Å². The molecular formula is C15H20N2O2. The molecule has 1 aromatic heterocycles. The van der Waals surface area contributed by atoms with Gasteiger partial charge in [0.05, 0.1) is 19.0 Å². The van der Waals surface area contributed by atoms with E-state index in [0.29, 0.717) is 6.61 Å². The van der Waals surface area contributed by atoms with E-state index in [2.05, 4.69) is 4.98 Å². The Bertz CT molecular complexity index is 507. The van der Waals surface area contributed by atoms with Crippen LogP contribution in [0.4, 0.5) is 0 Å². The van der Waals surface area contributed by atoms with Crippen molar-refractivity contribution < 1.29 is 9.84 Å². The predicted octanol–water partition coefficient (Wildman–Crippen LogP) is 2.71. The van der Waals surface area contributed by atoms with Crippen molar-refractivity contribution in [2.45, 2.75) is 32.9 Å². The summed E-state index contributed by atoms with van der Waals surface area (Å²) in [7, 11) is 0. The number of aliphatic hydroxyl groups is 1. The summed E-state index contributed by atoms with van der Waals surface area (Å²) in [5, 5.41) is 9.51. The van der Waals surface area contributed by atoms with Crippen LogP contribution in [0.1, 0.15) is 30.6 Å². The Kier molecular flexibility index (Phi) is 4.58. The molecule has 2 rings (SSSR count). The molecule has 19 heavy (non-hydrogen) atoms. The zero-order valence-corrected chi connectivity index (χ0v) is 11.4. The molecule has 2 aromatic rings. The van der Waals surface area contributed by atoms with Gasteiger partial charge in [-0.3, -0.25) is 0 Å². The highest BCUT2D eigenvalue weighted by molar-refractivity contribution is 5.36. The fourth-order valence-corrected chi connectivity index (χ4v) is 1.94. The lowest BCUT2D eigenvalue weighted by Crippen LogP contribution is -2.04. The van der Waals surface area contributed by atoms with Crippen LogP contribution < -0.4 is 4.74 Å². The van der Waals surface area contributed by atoms with Crippen LogP contribution in [0.15, 0.2) is 36.9 Å². The largest absolute Gasteiger partial charge is 0.493 e. The normalized spacial score (nSPS) is 12.4. The Morgan fingerprint density at radius 3 is 2.89 bits per heavy atom. The van der Waals surface area contributed by atoms with Gasteiger partial charge in [-0.15, -0.1) is 0 Å². The van der Waals surface area contributed by atoms with E-state index in [4.69, 9.17) is 4.74 Å². The lowest BCUT2D eigenvalue weighted by Gasteiger charge is -2.12. The van der Waals surface area contributed by atoms with Gasteiger partial charge in [0.2, 0.25) is 0 Å². The molecule has 1 heterocycles. The van der Waals surface area contributed by atoms with Crippen molar-refractivity contribution in [2.75, 3.05) is 6.61 Å². The number of imidazole rings is 1. The Morgan fingerprint density at radius 2 is 2.26 bits per heavy atom. The number of nitrogens with zero attached hydrogens (tertiary/aromatic N) is 2. The van der Waals surface area contributed by atoms with E-state index in [1.807, 2.05) is 42.2 Å². The third kappa shape index (κ3) is 3.83. The summed E-state index contributed by atoms with van der Waals surface area (Å²) in [6.07, 6.45) is 6.04. The monoisotopic (exact) mass is 260 g/mol. The van der Waals surface area contributed by atoms with Crippen molar-refractivity contribution in [3.8, 4) is 5.75 Å². The fraction of sp³-hybridized carbons (Fsp3) is 0.400. The molecule has 0 spiro atoms. The van der Waals surface area contributed by atoms with E-state index < -0.39 is 6.10 Å². The number of hydrogen-bond acceptors (Lipinski definition) is 3. The van der Waals surface area contributed by atoms with Crippen molar-refractivity contribution in [3.05, 3.63) is 48.0 Å². The maximum atomic E-state index is 9.51. The van der Waals surface area contributed by atoms with E-state index in [-0.39, 0.29) is 0 Å². The lowest BCUT2D eigenvalue weighted by molar-refractivity contribution is 0.199. The minimum Gasteiger partial charge on any atom is -0.493 e. The zero-order valence-electron chi connectivity index (χ0n) is 11.4. The molecule has 0 aliphatic carbocycles. The molecule has 1 atom stereocenters. The summed E-state index contributed by atoms with van der Waals surface area (Å²) in [5.74, 6) is 0.884. The SMILES string of the molecule is Cc1cc(C(C)O)ccc1OCCCn1ccnc1. The van der Waals surface area contributed by atoms with Crippen LogP contribution in [-0.4, -0.2) is 21.3 Å². The second-order valence-electron chi connectivity index (χ2n) is 4.70. The summed E-state index contributed by atoms with van der Waals surface area (Å²) in [6, 6.07) is 5.80. The third-order valence-corrected chi connectivity index (χ3v) is 3.06. The van der Waals surface area contributed by atoms with Gasteiger partial charge >= 0.3 is 0 Å². The number of ether oxygens (including phenoxy) is 1. The van der Waals surface area contributed by atoms with Gasteiger partial charge in [-0.25, -0.2) is 4.98 Å². The molecule has 0 radical (unpaired) electrons. The molecule has 0 aliphatic rings. The van der Waals surface area contributed by atoms with Crippen molar-refractivity contribution >= 4 is 0 Å². The zero-order chi connectivity index (χ0) is 13.7. The minimum absolute atomic E-state index is 0.436. The van der Waals surface area contributed by atoms with Crippen LogP contribution in [0, 0.1) is 6.92 Å². The van der Waals surface area contributed by atoms with Gasteiger partial charge in [0.15, 0.2) is 0 Å². The quantitative estimate of drug-likeness (QED) is 0.812. The van der Waals surface area contributed by atoms with E-state index in [1.165, 1.54) is 0 Å². The minimum atomic E-state index is -0.436. The van der Waals surface area contributed by atoms with E-state index in [0.717, 1.165) is 29.8 Å². The molecule has 1 unspecified atom stereocenters. The first-order valence-electron chi connectivity index (χ1n) is 6.54. The summed E-state index contributed by atoms with van der Waals surface area (Å²) < 4.78 is 7.79. The average molecular weight is 260 g/mol. The van der Waals surface area contributed by atoms with Gasteiger partial charge in [0.1, 0.15) is 5.75 Å². The first-order valence-corrected chi connectivity index (χ1v) is 6.54. The van der Waals surface area contributed by atoms with Crippen LogP contribution >= 0.6 is 0 Å². The number of aliphatic hydroxyl groups excluding tert-OH is 1. The standard InChI is InChI=1S/C15H20N2O2/c1-12-10-14(13(2)18)4-5-15(12)19-9-3-7-17-8-6-16-11-17/h4-6,8,10-11,13,18H,3,7,9H2,1-2H3. The maximum Gasteiger partial charge on any atom is 0.122 e. The van der Waals surface area contributed by atoms with Gasteiger partial charge < -0.3 is 14.4 Å². The molecule has 1 aromatic carbocycles. The summed E-state index contributed by atoms with van der Waals surface area (Å²) in [4.78, 5) is 4.00. The van der Waals surface area contributed by atoms with Crippen molar-refractivity contribution in [2.24, 2.45) is 0 Å². The smallest absolute Gasteiger partial charge is 0.122 e. The number of aryl methyl sites for hydroxylation is 2. The third-order valence-electron chi connectivity index (χ3n) is 3.06. The molecule has 0 saturated heterocycles. The van der Waals surface area contributed by atoms with Gasteiger partial charge in [-0.05, 0) is 43.5 Å². The summed E-state index contributed by atoms with van der Waals surface area (Å²) >= 11 is 0. The van der Waals surface area contributed by atoms with Gasteiger partial charge in [-0.2, -0.15) is 0 Å². The fourth-order valence-electron chi connectivity index (χ4n) is 1.94. The topological polar surface area (TPSA) is 47.3 Å². The van der Waals surface area contributed by atoms with Gasteiger partial charge in [0, 0.05) is 18.9 Å². The number of benzene rings is 1. The Labute approximate surface area is 113 Å². The second-order valence-corrected chi connectivity index (χ2v) is 4.70. The van der Waals surface area contributed by atoms with Crippen LogP contribution in [0.2, 0.25) is 0 Å². The first-order chi connectivity index (χ1) is 9.16. The van der Waals surface area contributed by atoms with Crippen LogP contribution in [0.5, 0.6) is 5.75 Å². The molecule has 0 fully saturated rings. The van der Waals surface area contributed by atoms with Crippen LogP contribution in [0.3, 0.4) is 0 Å². The molecule has 0 amide bonds. The van der Waals surface area contributed by atoms with E-state index in [1.54, 1.807) is 13.1 Å². The van der Waals surface area contributed by atoms with E-state index in [9.17, 15) is 5.11 Å². The number of rotatable bonds is 6. The molecule has 1 N–H and O–H groups in total. The number of hydrogen-bond donors (Lipinski definition) is 1.